The largest absolute Gasteiger partial charge is 0.477 e. The summed E-state index contributed by atoms with van der Waals surface area (Å²) in [6.45, 7) is 2.31. The highest BCUT2D eigenvalue weighted by molar-refractivity contribution is 7.98. The normalized spacial score (nSPS) is 11.5. The van der Waals surface area contributed by atoms with Gasteiger partial charge in [0, 0.05) is 16.0 Å². The molecule has 31 heavy (non-hydrogen) atoms. The highest BCUT2D eigenvalue weighted by Crippen LogP contribution is 2.35. The maximum absolute atomic E-state index is 11.6. The molecule has 3 rings (SSSR count). The van der Waals surface area contributed by atoms with Crippen molar-refractivity contribution in [3.8, 4) is 28.3 Å². The van der Waals surface area contributed by atoms with E-state index in [4.69, 9.17) is 9.88 Å². The summed E-state index contributed by atoms with van der Waals surface area (Å²) >= 11 is 1.66. The lowest BCUT2D eigenvalue weighted by molar-refractivity contribution is 0.256. The van der Waals surface area contributed by atoms with E-state index >= 15 is 0 Å². The Morgan fingerprint density at radius 3 is 2.26 bits per heavy atom. The molecule has 1 heterocycles. The van der Waals surface area contributed by atoms with Gasteiger partial charge >= 0.3 is 0 Å². The zero-order valence-electron chi connectivity index (χ0n) is 17.5. The highest BCUT2D eigenvalue weighted by Gasteiger charge is 2.17. The zero-order chi connectivity index (χ0) is 22.4. The number of pyridine rings is 1. The van der Waals surface area contributed by atoms with E-state index in [1.54, 1.807) is 23.9 Å². The number of primary sulfonamides is 1. The molecule has 0 atom stereocenters. The molecule has 1 aromatic heterocycles. The predicted octanol–water partition coefficient (Wildman–Crippen LogP) is 4.46. The first kappa shape index (κ1) is 23.3. The second-order valence-electron chi connectivity index (χ2n) is 7.00. The number of aliphatic hydroxyl groups excluding tert-OH is 1. The molecule has 0 saturated carbocycles. The van der Waals surface area contributed by atoms with Crippen LogP contribution < -0.4 is 9.88 Å². The lowest BCUT2D eigenvalue weighted by Gasteiger charge is -2.16. The van der Waals surface area contributed by atoms with Gasteiger partial charge < -0.3 is 9.84 Å². The summed E-state index contributed by atoms with van der Waals surface area (Å²) < 4.78 is 29.1. The molecule has 0 unspecified atom stereocenters. The Hall–Kier alpha value is -2.39. The first-order chi connectivity index (χ1) is 14.9. The van der Waals surface area contributed by atoms with Gasteiger partial charge in [-0.2, -0.15) is 0 Å². The number of nitrogens with two attached hydrogens (primary N) is 1. The van der Waals surface area contributed by atoms with E-state index in [1.165, 1.54) is 12.1 Å². The quantitative estimate of drug-likeness (QED) is 0.363. The number of thioether (sulfide) groups is 1. The van der Waals surface area contributed by atoms with Crippen LogP contribution in [0.2, 0.25) is 0 Å². The average Bonchev–Trinajstić information content (AvgIpc) is 2.78. The van der Waals surface area contributed by atoms with Crippen LogP contribution in [0.1, 0.15) is 25.3 Å². The van der Waals surface area contributed by atoms with Gasteiger partial charge in [-0.05, 0) is 54.1 Å². The fraction of sp³-hybridized carbons (Fsp3) is 0.261. The van der Waals surface area contributed by atoms with Crippen LogP contribution in [0.3, 0.4) is 0 Å². The fourth-order valence-corrected chi connectivity index (χ4v) is 4.05. The topological polar surface area (TPSA) is 103 Å². The summed E-state index contributed by atoms with van der Waals surface area (Å²) in [5.41, 5.74) is 3.66. The van der Waals surface area contributed by atoms with Crippen LogP contribution in [-0.2, 0) is 16.6 Å². The monoisotopic (exact) mass is 458 g/mol. The average molecular weight is 459 g/mol. The van der Waals surface area contributed by atoms with E-state index in [1.807, 2.05) is 36.6 Å². The Labute approximate surface area is 187 Å². The summed E-state index contributed by atoms with van der Waals surface area (Å²) in [7, 11) is -3.79. The van der Waals surface area contributed by atoms with Crippen molar-refractivity contribution in [2.45, 2.75) is 36.2 Å². The number of hydrogen-bond donors (Lipinski definition) is 2. The third-order valence-electron chi connectivity index (χ3n) is 4.86. The van der Waals surface area contributed by atoms with Crippen molar-refractivity contribution in [1.82, 2.24) is 4.98 Å². The number of ether oxygens (including phenoxy) is 1. The van der Waals surface area contributed by atoms with Gasteiger partial charge in [-0.25, -0.2) is 18.5 Å². The van der Waals surface area contributed by atoms with Crippen LogP contribution in [0.15, 0.2) is 64.4 Å². The Morgan fingerprint density at radius 1 is 1.06 bits per heavy atom. The second-order valence-corrected chi connectivity index (χ2v) is 9.44. The highest BCUT2D eigenvalue weighted by atomic mass is 32.2. The lowest BCUT2D eigenvalue weighted by Crippen LogP contribution is -2.11. The molecule has 0 aliphatic carbocycles. The van der Waals surface area contributed by atoms with Crippen molar-refractivity contribution >= 4 is 21.8 Å². The number of benzene rings is 2. The minimum Gasteiger partial charge on any atom is -0.477 e. The van der Waals surface area contributed by atoms with Gasteiger partial charge in [0.1, 0.15) is 0 Å². The maximum atomic E-state index is 11.6. The van der Waals surface area contributed by atoms with E-state index in [9.17, 15) is 13.5 Å². The number of sulfonamides is 1. The first-order valence-electron chi connectivity index (χ1n) is 9.92. The van der Waals surface area contributed by atoms with Crippen molar-refractivity contribution in [2.24, 2.45) is 5.14 Å². The van der Waals surface area contributed by atoms with Crippen LogP contribution in [-0.4, -0.2) is 31.4 Å². The number of rotatable bonds is 9. The number of hydrogen-bond acceptors (Lipinski definition) is 6. The van der Waals surface area contributed by atoms with Crippen molar-refractivity contribution in [3.05, 3.63) is 60.2 Å². The Balaban J connectivity index is 2.13. The zero-order valence-corrected chi connectivity index (χ0v) is 19.2. The van der Waals surface area contributed by atoms with E-state index in [-0.39, 0.29) is 11.5 Å². The van der Waals surface area contributed by atoms with Crippen LogP contribution in [0.4, 0.5) is 0 Å². The van der Waals surface area contributed by atoms with E-state index < -0.39 is 10.0 Å². The molecule has 0 radical (unpaired) electrons. The van der Waals surface area contributed by atoms with Gasteiger partial charge in [-0.15, -0.1) is 11.8 Å². The number of unbranched alkanes of at least 4 members (excludes halogenated alkanes) is 1. The van der Waals surface area contributed by atoms with E-state index in [0.717, 1.165) is 34.4 Å². The number of nitrogens with zero attached hydrogens (tertiary/aromatic N) is 1. The second kappa shape index (κ2) is 10.3. The van der Waals surface area contributed by atoms with Gasteiger partial charge in [0.2, 0.25) is 15.9 Å². The molecule has 8 heteroatoms. The van der Waals surface area contributed by atoms with Gasteiger partial charge in [-0.1, -0.05) is 37.6 Å². The molecule has 0 spiro atoms. The Kier molecular flexibility index (Phi) is 7.72. The molecule has 0 bridgehead atoms. The molecule has 2 aromatic carbocycles. The molecule has 0 amide bonds. The molecule has 0 saturated heterocycles. The van der Waals surface area contributed by atoms with Gasteiger partial charge in [0.15, 0.2) is 0 Å². The maximum Gasteiger partial charge on any atom is 0.238 e. The minimum atomic E-state index is -3.79. The van der Waals surface area contributed by atoms with Crippen molar-refractivity contribution in [3.63, 3.8) is 0 Å². The Morgan fingerprint density at radius 2 is 1.71 bits per heavy atom. The number of aliphatic hydroxyl groups is 1. The fourth-order valence-electron chi connectivity index (χ4n) is 3.12. The molecule has 164 valence electrons. The molecule has 3 aromatic rings. The molecular weight excluding hydrogens is 432 g/mol. The third kappa shape index (κ3) is 5.65. The minimum absolute atomic E-state index is 0.0307. The van der Waals surface area contributed by atoms with Crippen LogP contribution in [0.25, 0.3) is 22.4 Å². The summed E-state index contributed by atoms with van der Waals surface area (Å²) in [5, 5.41) is 15.3. The third-order valence-corrected chi connectivity index (χ3v) is 6.53. The molecule has 0 aliphatic rings. The molecule has 0 aliphatic heterocycles. The van der Waals surface area contributed by atoms with E-state index in [2.05, 4.69) is 11.9 Å². The van der Waals surface area contributed by atoms with Crippen molar-refractivity contribution in [2.75, 3.05) is 12.9 Å². The number of aromatic nitrogens is 1. The molecule has 0 fully saturated rings. The summed E-state index contributed by atoms with van der Waals surface area (Å²) in [5.74, 6) is 0.382. The summed E-state index contributed by atoms with van der Waals surface area (Å²) in [4.78, 5) is 5.86. The molecule has 3 N–H and O–H groups in total. The van der Waals surface area contributed by atoms with Gasteiger partial charge in [0.05, 0.1) is 23.8 Å². The van der Waals surface area contributed by atoms with Gasteiger partial charge in [-0.3, -0.25) is 0 Å². The first-order valence-corrected chi connectivity index (χ1v) is 12.7. The van der Waals surface area contributed by atoms with Crippen molar-refractivity contribution in [1.29, 1.82) is 0 Å². The predicted molar refractivity (Wildman–Crippen MR) is 125 cm³/mol. The van der Waals surface area contributed by atoms with Crippen molar-refractivity contribution < 1.29 is 18.3 Å². The summed E-state index contributed by atoms with van der Waals surface area (Å²) in [6.07, 6.45) is 3.87. The molecule has 6 nitrogen and oxygen atoms in total. The SMILES string of the molecule is CCCCOc1nc(-c2ccc(SC)cc2)cc(-c2ccc(S(N)(=O)=O)cc2)c1CO. The summed E-state index contributed by atoms with van der Waals surface area (Å²) in [6, 6.07) is 16.2. The molecular formula is C23H26N2O4S2. The van der Waals surface area contributed by atoms with Crippen LogP contribution in [0, 0.1) is 0 Å². The Bertz CT molecular complexity index is 1130. The smallest absolute Gasteiger partial charge is 0.238 e. The van der Waals surface area contributed by atoms with Gasteiger partial charge in [0.25, 0.3) is 0 Å². The van der Waals surface area contributed by atoms with Crippen LogP contribution >= 0.6 is 11.8 Å². The van der Waals surface area contributed by atoms with E-state index in [0.29, 0.717) is 23.7 Å². The standard InChI is InChI=1S/C23H26N2O4S2/c1-3-4-13-29-23-21(15-26)20(16-7-11-19(12-8-16)31(24,27)28)14-22(25-23)17-5-9-18(30-2)10-6-17/h5-12,14,26H,3-4,13,15H2,1-2H3,(H2,24,27,28). The lowest BCUT2D eigenvalue weighted by atomic mass is 9.98. The van der Waals surface area contributed by atoms with Crippen LogP contribution in [0.5, 0.6) is 5.88 Å².